The maximum atomic E-state index is 3.66. The fraction of sp³-hybridized carbons (Fsp3) is 0.0526. The van der Waals surface area contributed by atoms with Crippen LogP contribution in [0.25, 0.3) is 20.2 Å². The summed E-state index contributed by atoms with van der Waals surface area (Å²) in [7, 11) is 0. The zero-order valence-corrected chi connectivity index (χ0v) is 13.7. The Morgan fingerprint density at radius 2 is 1.43 bits per heavy atom. The van der Waals surface area contributed by atoms with Gasteiger partial charge in [-0.3, -0.25) is 0 Å². The number of rotatable bonds is 2. The number of hydrogen-bond acceptors (Lipinski definition) is 1. The summed E-state index contributed by atoms with van der Waals surface area (Å²) in [5.74, 6) is 0. The number of fused-ring (bicyclic) bond motifs is 3. The second-order valence-corrected chi connectivity index (χ2v) is 7.07. The Morgan fingerprint density at radius 3 is 2.33 bits per heavy atom. The van der Waals surface area contributed by atoms with Crippen LogP contribution in [0, 0.1) is 0 Å². The Balaban J connectivity index is 1.91. The van der Waals surface area contributed by atoms with Gasteiger partial charge in [0.15, 0.2) is 0 Å². The predicted molar refractivity (Wildman–Crippen MR) is 96.3 cm³/mol. The van der Waals surface area contributed by atoms with Crippen LogP contribution in [-0.2, 0) is 6.42 Å². The molecule has 1 aromatic heterocycles. The smallest absolute Gasteiger partial charge is 0.0390 e. The first-order valence-corrected chi connectivity index (χ1v) is 8.56. The molecule has 21 heavy (non-hydrogen) atoms. The zero-order chi connectivity index (χ0) is 14.2. The monoisotopic (exact) mass is 352 g/mol. The number of thiophene rings is 1. The van der Waals surface area contributed by atoms with Crippen molar-refractivity contribution in [2.75, 3.05) is 0 Å². The molecule has 0 saturated carbocycles. The van der Waals surface area contributed by atoms with Gasteiger partial charge in [-0.2, -0.15) is 0 Å². The molecule has 0 N–H and O–H groups in total. The van der Waals surface area contributed by atoms with Crippen LogP contribution >= 0.6 is 27.3 Å². The van der Waals surface area contributed by atoms with Gasteiger partial charge in [0.2, 0.25) is 0 Å². The minimum Gasteiger partial charge on any atom is -0.135 e. The van der Waals surface area contributed by atoms with E-state index in [9.17, 15) is 0 Å². The Morgan fingerprint density at radius 1 is 0.714 bits per heavy atom. The van der Waals surface area contributed by atoms with E-state index in [1.54, 1.807) is 0 Å². The molecule has 0 saturated heterocycles. The maximum Gasteiger partial charge on any atom is 0.0390 e. The lowest BCUT2D eigenvalue weighted by Gasteiger charge is -2.05. The molecule has 2 heteroatoms. The van der Waals surface area contributed by atoms with Gasteiger partial charge in [-0.15, -0.1) is 11.3 Å². The topological polar surface area (TPSA) is 0 Å². The summed E-state index contributed by atoms with van der Waals surface area (Å²) >= 11 is 5.55. The third-order valence-corrected chi connectivity index (χ3v) is 5.86. The molecule has 0 bridgehead atoms. The number of hydrogen-bond donors (Lipinski definition) is 0. The highest BCUT2D eigenvalue weighted by atomic mass is 79.9. The second-order valence-electron chi connectivity index (χ2n) is 5.16. The highest BCUT2D eigenvalue weighted by Crippen LogP contribution is 2.36. The predicted octanol–water partition coefficient (Wildman–Crippen LogP) is 6.41. The van der Waals surface area contributed by atoms with Crippen molar-refractivity contribution in [1.29, 1.82) is 0 Å². The van der Waals surface area contributed by atoms with Gasteiger partial charge >= 0.3 is 0 Å². The summed E-state index contributed by atoms with van der Waals surface area (Å²) in [6, 6.07) is 23.8. The van der Waals surface area contributed by atoms with E-state index < -0.39 is 0 Å². The zero-order valence-electron chi connectivity index (χ0n) is 11.3. The standard InChI is InChI=1S/C19H13BrS/c20-17-10-3-1-6-13(17)12-14-7-5-9-16-15-8-2-4-11-18(15)21-19(14)16/h1-11H,12H2. The number of halogens is 1. The first-order valence-electron chi connectivity index (χ1n) is 6.95. The van der Waals surface area contributed by atoms with Crippen LogP contribution in [0.4, 0.5) is 0 Å². The minimum absolute atomic E-state index is 0.964. The lowest BCUT2D eigenvalue weighted by Crippen LogP contribution is -1.89. The lowest BCUT2D eigenvalue weighted by atomic mass is 10.0. The van der Waals surface area contributed by atoms with Crippen LogP contribution in [0.5, 0.6) is 0 Å². The van der Waals surface area contributed by atoms with E-state index in [1.807, 2.05) is 11.3 Å². The molecule has 0 aliphatic carbocycles. The lowest BCUT2D eigenvalue weighted by molar-refractivity contribution is 1.20. The van der Waals surface area contributed by atoms with Crippen LogP contribution < -0.4 is 0 Å². The Labute approximate surface area is 136 Å². The van der Waals surface area contributed by atoms with Crippen molar-refractivity contribution in [2.45, 2.75) is 6.42 Å². The van der Waals surface area contributed by atoms with Crippen molar-refractivity contribution in [1.82, 2.24) is 0 Å². The van der Waals surface area contributed by atoms with Crippen molar-refractivity contribution >= 4 is 47.4 Å². The van der Waals surface area contributed by atoms with Crippen LogP contribution in [0.2, 0.25) is 0 Å². The van der Waals surface area contributed by atoms with E-state index in [0.717, 1.165) is 6.42 Å². The Kier molecular flexibility index (Phi) is 3.28. The SMILES string of the molecule is Brc1ccccc1Cc1cccc2c1sc1ccccc12. The molecule has 3 aromatic carbocycles. The summed E-state index contributed by atoms with van der Waals surface area (Å²) in [5.41, 5.74) is 2.74. The fourth-order valence-corrected chi connectivity index (χ4v) is 4.43. The molecule has 0 atom stereocenters. The van der Waals surface area contributed by atoms with Crippen molar-refractivity contribution in [2.24, 2.45) is 0 Å². The molecule has 1 heterocycles. The van der Waals surface area contributed by atoms with Crippen LogP contribution in [0.15, 0.2) is 71.2 Å². The highest BCUT2D eigenvalue weighted by molar-refractivity contribution is 9.10. The largest absolute Gasteiger partial charge is 0.135 e. The summed E-state index contributed by atoms with van der Waals surface area (Å²) in [6.07, 6.45) is 0.964. The van der Waals surface area contributed by atoms with E-state index in [-0.39, 0.29) is 0 Å². The van der Waals surface area contributed by atoms with Crippen LogP contribution in [0.3, 0.4) is 0 Å². The molecule has 0 fully saturated rings. The third kappa shape index (κ3) is 2.29. The molecular weight excluding hydrogens is 340 g/mol. The third-order valence-electron chi connectivity index (χ3n) is 3.82. The average Bonchev–Trinajstić information content (AvgIpc) is 2.89. The summed E-state index contributed by atoms with van der Waals surface area (Å²) in [6.45, 7) is 0. The van der Waals surface area contributed by atoms with Gasteiger partial charge in [-0.1, -0.05) is 70.5 Å². The van der Waals surface area contributed by atoms with Gasteiger partial charge in [0.1, 0.15) is 0 Å². The molecule has 0 aliphatic rings. The molecular formula is C19H13BrS. The molecule has 0 spiro atoms. The van der Waals surface area contributed by atoms with E-state index in [4.69, 9.17) is 0 Å². The summed E-state index contributed by atoms with van der Waals surface area (Å²) in [5, 5.41) is 2.74. The van der Waals surface area contributed by atoms with Crippen LogP contribution in [-0.4, -0.2) is 0 Å². The van der Waals surface area contributed by atoms with Crippen molar-refractivity contribution < 1.29 is 0 Å². The van der Waals surface area contributed by atoms with Gasteiger partial charge in [0.25, 0.3) is 0 Å². The molecule has 0 nitrogen and oxygen atoms in total. The molecule has 102 valence electrons. The first kappa shape index (κ1) is 13.1. The summed E-state index contributed by atoms with van der Waals surface area (Å²) in [4.78, 5) is 0. The van der Waals surface area contributed by atoms with Crippen molar-refractivity contribution in [3.8, 4) is 0 Å². The van der Waals surface area contributed by atoms with E-state index in [2.05, 4.69) is 82.7 Å². The van der Waals surface area contributed by atoms with Gasteiger partial charge in [-0.25, -0.2) is 0 Å². The molecule has 4 aromatic rings. The maximum absolute atomic E-state index is 3.66. The highest BCUT2D eigenvalue weighted by Gasteiger charge is 2.09. The average molecular weight is 353 g/mol. The van der Waals surface area contributed by atoms with E-state index >= 15 is 0 Å². The van der Waals surface area contributed by atoms with Gasteiger partial charge < -0.3 is 0 Å². The van der Waals surface area contributed by atoms with Gasteiger partial charge in [-0.05, 0) is 29.7 Å². The Bertz CT molecular complexity index is 937. The van der Waals surface area contributed by atoms with Crippen molar-refractivity contribution in [3.05, 3.63) is 82.3 Å². The van der Waals surface area contributed by atoms with Crippen LogP contribution in [0.1, 0.15) is 11.1 Å². The number of benzene rings is 3. The van der Waals surface area contributed by atoms with E-state index in [1.165, 1.54) is 35.8 Å². The molecule has 4 rings (SSSR count). The van der Waals surface area contributed by atoms with E-state index in [0.29, 0.717) is 0 Å². The normalized spacial score (nSPS) is 11.3. The van der Waals surface area contributed by atoms with Crippen molar-refractivity contribution in [3.63, 3.8) is 0 Å². The first-order chi connectivity index (χ1) is 10.3. The second kappa shape index (κ2) is 5.28. The minimum atomic E-state index is 0.964. The molecule has 0 aliphatic heterocycles. The molecule has 0 radical (unpaired) electrons. The molecule has 0 amide bonds. The quantitative estimate of drug-likeness (QED) is 0.391. The summed E-state index contributed by atoms with van der Waals surface area (Å²) < 4.78 is 3.96. The van der Waals surface area contributed by atoms with Gasteiger partial charge in [0, 0.05) is 24.6 Å². The van der Waals surface area contributed by atoms with Gasteiger partial charge in [0.05, 0.1) is 0 Å². The molecule has 0 unspecified atom stereocenters. The fourth-order valence-electron chi connectivity index (χ4n) is 2.79. The Hall–Kier alpha value is -1.64.